The normalized spacial score (nSPS) is 15.2. The number of carbonyl (C=O) groups is 1. The van der Waals surface area contributed by atoms with Crippen molar-refractivity contribution >= 4 is 80.1 Å². The van der Waals surface area contributed by atoms with Crippen molar-refractivity contribution < 1.29 is 9.18 Å². The number of halogens is 3. The number of carbonyl (C=O) groups excluding carboxylic acids is 1. The molecule has 1 aromatic heterocycles. The quantitative estimate of drug-likeness (QED) is 0.208. The first kappa shape index (κ1) is 22.2. The van der Waals surface area contributed by atoms with Crippen molar-refractivity contribution in [1.82, 2.24) is 4.57 Å². The average Bonchev–Trinajstić information content (AvgIpc) is 3.28. The maximum Gasteiger partial charge on any atom is 0.270 e. The first-order valence-corrected chi connectivity index (χ1v) is 11.9. The molecule has 1 aliphatic heterocycles. The Kier molecular flexibility index (Phi) is 6.01. The van der Waals surface area contributed by atoms with Crippen molar-refractivity contribution in [1.29, 1.82) is 0 Å². The molecule has 0 radical (unpaired) electrons. The number of thioether (sulfide) groups is 1. The van der Waals surface area contributed by atoms with Gasteiger partial charge in [0.1, 0.15) is 5.82 Å². The third-order valence-corrected chi connectivity index (χ3v) is 7.25. The van der Waals surface area contributed by atoms with E-state index in [1.807, 2.05) is 41.1 Å². The van der Waals surface area contributed by atoms with Gasteiger partial charge < -0.3 is 4.57 Å². The van der Waals surface area contributed by atoms with Crippen LogP contribution in [0.2, 0.25) is 10.0 Å². The largest absolute Gasteiger partial charge is 0.342 e. The Morgan fingerprint density at radius 2 is 1.79 bits per heavy atom. The monoisotopic (exact) mass is 512 g/mol. The van der Waals surface area contributed by atoms with E-state index < -0.39 is 0 Å². The van der Waals surface area contributed by atoms with Crippen LogP contribution >= 0.6 is 47.2 Å². The minimum atomic E-state index is -0.371. The molecule has 0 atom stereocenters. The van der Waals surface area contributed by atoms with Crippen molar-refractivity contribution in [3.05, 3.63) is 105 Å². The highest BCUT2D eigenvalue weighted by Gasteiger charge is 2.33. The van der Waals surface area contributed by atoms with Gasteiger partial charge in [-0.1, -0.05) is 71.4 Å². The number of rotatable bonds is 4. The topological polar surface area (TPSA) is 25.2 Å². The van der Waals surface area contributed by atoms with E-state index in [1.165, 1.54) is 28.8 Å². The molecule has 0 bridgehead atoms. The van der Waals surface area contributed by atoms with Gasteiger partial charge in [0.25, 0.3) is 5.91 Å². The number of anilines is 1. The van der Waals surface area contributed by atoms with Crippen LogP contribution in [0.25, 0.3) is 17.0 Å². The highest BCUT2D eigenvalue weighted by atomic mass is 35.5. The number of hydrogen-bond donors (Lipinski definition) is 0. The Morgan fingerprint density at radius 1 is 1.03 bits per heavy atom. The summed E-state index contributed by atoms with van der Waals surface area (Å²) in [5.41, 5.74) is 3.36. The first-order chi connectivity index (χ1) is 15.9. The van der Waals surface area contributed by atoms with Crippen molar-refractivity contribution in [2.45, 2.75) is 6.54 Å². The van der Waals surface area contributed by atoms with Crippen molar-refractivity contribution in [2.75, 3.05) is 4.90 Å². The van der Waals surface area contributed by atoms with Crippen molar-refractivity contribution in [3.8, 4) is 0 Å². The molecule has 0 N–H and O–H groups in total. The Hall–Kier alpha value is -2.64. The van der Waals surface area contributed by atoms with Crippen molar-refractivity contribution in [2.24, 2.45) is 0 Å². The number of amides is 1. The molecule has 3 nitrogen and oxygen atoms in total. The van der Waals surface area contributed by atoms with E-state index in [-0.39, 0.29) is 11.7 Å². The van der Waals surface area contributed by atoms with Gasteiger partial charge in [0.05, 0.1) is 10.6 Å². The molecule has 164 valence electrons. The summed E-state index contributed by atoms with van der Waals surface area (Å²) in [6, 6.07) is 19.3. The number of aromatic nitrogens is 1. The van der Waals surface area contributed by atoms with E-state index in [1.54, 1.807) is 30.3 Å². The van der Waals surface area contributed by atoms with Gasteiger partial charge in [0.2, 0.25) is 0 Å². The van der Waals surface area contributed by atoms with Crippen LogP contribution in [0, 0.1) is 5.82 Å². The lowest BCUT2D eigenvalue weighted by Gasteiger charge is -2.14. The zero-order chi connectivity index (χ0) is 23.1. The van der Waals surface area contributed by atoms with Crippen LogP contribution in [-0.2, 0) is 11.3 Å². The van der Waals surface area contributed by atoms with E-state index in [0.29, 0.717) is 31.5 Å². The van der Waals surface area contributed by atoms with E-state index in [0.717, 1.165) is 22.0 Å². The molecule has 0 unspecified atom stereocenters. The third kappa shape index (κ3) is 4.32. The second-order valence-corrected chi connectivity index (χ2v) is 9.98. The van der Waals surface area contributed by atoms with E-state index in [4.69, 9.17) is 35.4 Å². The molecule has 3 aromatic carbocycles. The number of benzene rings is 3. The van der Waals surface area contributed by atoms with Crippen molar-refractivity contribution in [3.63, 3.8) is 0 Å². The molecular formula is C25H15Cl2FN2OS2. The fraction of sp³-hybridized carbons (Fsp3) is 0.0400. The molecule has 33 heavy (non-hydrogen) atoms. The maximum atomic E-state index is 13.5. The average molecular weight is 513 g/mol. The number of nitrogens with zero attached hydrogens (tertiary/aromatic N) is 2. The van der Waals surface area contributed by atoms with Gasteiger partial charge in [-0.15, -0.1) is 0 Å². The Labute approximate surface area is 209 Å². The Morgan fingerprint density at radius 3 is 2.55 bits per heavy atom. The van der Waals surface area contributed by atoms with Crippen LogP contribution in [0.15, 0.2) is 77.8 Å². The highest BCUT2D eigenvalue weighted by molar-refractivity contribution is 8.27. The number of fused-ring (bicyclic) bond motifs is 1. The van der Waals surface area contributed by atoms with E-state index in [9.17, 15) is 9.18 Å². The second kappa shape index (κ2) is 8.95. The van der Waals surface area contributed by atoms with Gasteiger partial charge in [0.15, 0.2) is 4.32 Å². The zero-order valence-electron chi connectivity index (χ0n) is 17.0. The molecule has 2 heterocycles. The highest BCUT2D eigenvalue weighted by Crippen LogP contribution is 2.37. The summed E-state index contributed by atoms with van der Waals surface area (Å²) in [6.45, 7) is 0.471. The lowest BCUT2D eigenvalue weighted by molar-refractivity contribution is -0.113. The molecular weight excluding hydrogens is 498 g/mol. The molecule has 0 spiro atoms. The van der Waals surface area contributed by atoms with Gasteiger partial charge in [-0.3, -0.25) is 9.69 Å². The zero-order valence-corrected chi connectivity index (χ0v) is 20.1. The smallest absolute Gasteiger partial charge is 0.270 e. The first-order valence-electron chi connectivity index (χ1n) is 9.96. The van der Waals surface area contributed by atoms with Gasteiger partial charge in [-0.2, -0.15) is 0 Å². The van der Waals surface area contributed by atoms with E-state index in [2.05, 4.69) is 0 Å². The summed E-state index contributed by atoms with van der Waals surface area (Å²) >= 11 is 19.0. The molecule has 1 aliphatic rings. The fourth-order valence-corrected chi connectivity index (χ4v) is 5.42. The predicted molar refractivity (Wildman–Crippen MR) is 140 cm³/mol. The minimum absolute atomic E-state index is 0.175. The summed E-state index contributed by atoms with van der Waals surface area (Å²) in [5.74, 6) is -0.546. The van der Waals surface area contributed by atoms with Crippen LogP contribution in [0.5, 0.6) is 0 Å². The number of thiocarbonyl (C=S) groups is 1. The standard InChI is InChI=1S/C25H15Cl2FN2OS2/c26-17-6-9-19(10-7-17)30-24(31)23(33-25(30)32)11-16-14-29(22-4-2-1-3-20(16)22)13-15-5-8-18(28)12-21(15)27/h1-12,14H,13H2/b23-11+. The van der Waals surface area contributed by atoms with Gasteiger partial charge in [-0.05, 0) is 54.1 Å². The molecule has 8 heteroatoms. The molecule has 1 amide bonds. The van der Waals surface area contributed by atoms with Crippen LogP contribution in [0.4, 0.5) is 10.1 Å². The van der Waals surface area contributed by atoms with Gasteiger partial charge >= 0.3 is 0 Å². The lowest BCUT2D eigenvalue weighted by Crippen LogP contribution is -2.27. The molecule has 1 fully saturated rings. The Bertz CT molecular complexity index is 1450. The summed E-state index contributed by atoms with van der Waals surface area (Å²) in [7, 11) is 0. The van der Waals surface area contributed by atoms with E-state index >= 15 is 0 Å². The molecule has 4 aromatic rings. The van der Waals surface area contributed by atoms with Gasteiger partial charge in [0, 0.05) is 39.3 Å². The SMILES string of the molecule is O=C1/C(=C\c2cn(Cc3ccc(F)cc3Cl)c3ccccc23)SC(=S)N1c1ccc(Cl)cc1. The van der Waals surface area contributed by atoms with Crippen LogP contribution in [0.3, 0.4) is 0 Å². The predicted octanol–water partition coefficient (Wildman–Crippen LogP) is 7.54. The summed E-state index contributed by atoms with van der Waals surface area (Å²) in [6.07, 6.45) is 3.83. The minimum Gasteiger partial charge on any atom is -0.342 e. The lowest BCUT2D eigenvalue weighted by atomic mass is 10.1. The molecule has 5 rings (SSSR count). The summed E-state index contributed by atoms with van der Waals surface area (Å²) in [4.78, 5) is 15.2. The van der Waals surface area contributed by atoms with Crippen LogP contribution in [-0.4, -0.2) is 14.8 Å². The second-order valence-electron chi connectivity index (χ2n) is 7.46. The Balaban J connectivity index is 1.52. The number of para-hydroxylation sites is 1. The third-order valence-electron chi connectivity index (χ3n) is 5.34. The summed E-state index contributed by atoms with van der Waals surface area (Å²) in [5, 5.41) is 1.96. The molecule has 0 aliphatic carbocycles. The van der Waals surface area contributed by atoms with Crippen LogP contribution < -0.4 is 4.90 Å². The summed E-state index contributed by atoms with van der Waals surface area (Å²) < 4.78 is 16.0. The molecule has 0 saturated carbocycles. The molecule has 1 saturated heterocycles. The fourth-order valence-electron chi connectivity index (χ4n) is 3.78. The number of hydrogen-bond acceptors (Lipinski definition) is 3. The maximum absolute atomic E-state index is 13.5. The van der Waals surface area contributed by atoms with Crippen LogP contribution in [0.1, 0.15) is 11.1 Å². The van der Waals surface area contributed by atoms with Gasteiger partial charge in [-0.25, -0.2) is 4.39 Å².